The zero-order valence-corrected chi connectivity index (χ0v) is 12.2. The van der Waals surface area contributed by atoms with Crippen LogP contribution in [-0.2, 0) is 6.18 Å². The molecule has 2 nitrogen and oxygen atoms in total. The minimum absolute atomic E-state index is 0.0706. The third-order valence-corrected chi connectivity index (χ3v) is 3.74. The Morgan fingerprint density at radius 1 is 1.05 bits per heavy atom. The number of nitrogens with one attached hydrogen (secondary N) is 1. The molecule has 0 aliphatic heterocycles. The molecule has 1 atom stereocenters. The van der Waals surface area contributed by atoms with Crippen LogP contribution >= 0.6 is 15.9 Å². The van der Waals surface area contributed by atoms with Crippen molar-refractivity contribution >= 4 is 15.9 Å². The molecule has 7 heteroatoms. The van der Waals surface area contributed by atoms with E-state index in [2.05, 4.69) is 21.4 Å². The topological polar surface area (TPSA) is 38.0 Å². The van der Waals surface area contributed by atoms with Gasteiger partial charge in [-0.05, 0) is 35.4 Å². The van der Waals surface area contributed by atoms with Gasteiger partial charge in [-0.25, -0.2) is 9.82 Å². The second kappa shape index (κ2) is 6.13. The molecule has 0 fully saturated rings. The maximum absolute atomic E-state index is 13.4. The lowest BCUT2D eigenvalue weighted by atomic mass is 9.94. The summed E-state index contributed by atoms with van der Waals surface area (Å²) >= 11 is 3.20. The highest BCUT2D eigenvalue weighted by Crippen LogP contribution is 2.37. The number of benzene rings is 2. The van der Waals surface area contributed by atoms with E-state index in [1.165, 1.54) is 30.3 Å². The largest absolute Gasteiger partial charge is 0.416 e. The number of rotatable bonds is 3. The van der Waals surface area contributed by atoms with Crippen molar-refractivity contribution in [3.63, 3.8) is 0 Å². The average Bonchev–Trinajstić information content (AvgIpc) is 2.43. The highest BCUT2D eigenvalue weighted by molar-refractivity contribution is 9.10. The van der Waals surface area contributed by atoms with E-state index < -0.39 is 23.6 Å². The average molecular weight is 363 g/mol. The van der Waals surface area contributed by atoms with Gasteiger partial charge in [0.05, 0.1) is 11.6 Å². The van der Waals surface area contributed by atoms with Crippen LogP contribution in [0.3, 0.4) is 0 Å². The number of hydrogen-bond acceptors (Lipinski definition) is 2. The fourth-order valence-corrected chi connectivity index (χ4v) is 2.57. The van der Waals surface area contributed by atoms with Crippen molar-refractivity contribution in [2.75, 3.05) is 0 Å². The second-order valence-corrected chi connectivity index (χ2v) is 5.20. The first kappa shape index (κ1) is 15.9. The van der Waals surface area contributed by atoms with Gasteiger partial charge in [-0.15, -0.1) is 0 Å². The van der Waals surface area contributed by atoms with Crippen LogP contribution in [0.25, 0.3) is 0 Å². The molecule has 0 aromatic heterocycles. The molecule has 0 aliphatic carbocycles. The maximum atomic E-state index is 13.4. The fourth-order valence-electron chi connectivity index (χ4n) is 2.09. The summed E-state index contributed by atoms with van der Waals surface area (Å²) in [6.45, 7) is 0. The van der Waals surface area contributed by atoms with Gasteiger partial charge in [0.1, 0.15) is 5.82 Å². The lowest BCUT2D eigenvalue weighted by molar-refractivity contribution is -0.138. The first-order valence-corrected chi connectivity index (χ1v) is 6.71. The minimum Gasteiger partial charge on any atom is -0.271 e. The molecule has 0 aliphatic rings. The van der Waals surface area contributed by atoms with Gasteiger partial charge in [-0.1, -0.05) is 34.1 Å². The zero-order chi connectivity index (χ0) is 15.6. The maximum Gasteiger partial charge on any atom is 0.416 e. The molecule has 2 rings (SSSR count). The molecule has 0 radical (unpaired) electrons. The van der Waals surface area contributed by atoms with Crippen molar-refractivity contribution in [1.82, 2.24) is 5.43 Å². The van der Waals surface area contributed by atoms with Gasteiger partial charge in [-0.2, -0.15) is 13.2 Å². The van der Waals surface area contributed by atoms with E-state index in [0.29, 0.717) is 4.47 Å². The van der Waals surface area contributed by atoms with Crippen LogP contribution < -0.4 is 11.3 Å². The van der Waals surface area contributed by atoms with Crippen LogP contribution in [0.5, 0.6) is 0 Å². The van der Waals surface area contributed by atoms with E-state index >= 15 is 0 Å². The van der Waals surface area contributed by atoms with Crippen molar-refractivity contribution < 1.29 is 17.6 Å². The standard InChI is InChI=1S/C14H11BrF4N2/c15-12-6-5-8(16)7-10(12)13(21-20)9-3-1-2-4-11(9)14(17,18)19/h1-7,13,21H,20H2. The molecule has 2 aromatic carbocycles. The number of hydrogen-bond donors (Lipinski definition) is 2. The van der Waals surface area contributed by atoms with Crippen molar-refractivity contribution in [3.8, 4) is 0 Å². The van der Waals surface area contributed by atoms with Gasteiger partial charge in [0.15, 0.2) is 0 Å². The van der Waals surface area contributed by atoms with E-state index in [1.807, 2.05) is 0 Å². The van der Waals surface area contributed by atoms with E-state index in [1.54, 1.807) is 0 Å². The van der Waals surface area contributed by atoms with E-state index in [4.69, 9.17) is 5.84 Å². The summed E-state index contributed by atoms with van der Waals surface area (Å²) in [5.41, 5.74) is 1.72. The number of halogens is 5. The summed E-state index contributed by atoms with van der Waals surface area (Å²) in [6.07, 6.45) is -4.52. The van der Waals surface area contributed by atoms with Crippen LogP contribution in [0.4, 0.5) is 17.6 Å². The van der Waals surface area contributed by atoms with Crippen LogP contribution in [0.15, 0.2) is 46.9 Å². The molecule has 0 saturated heterocycles. The molecule has 1 unspecified atom stereocenters. The van der Waals surface area contributed by atoms with Crippen LogP contribution in [0, 0.1) is 5.82 Å². The van der Waals surface area contributed by atoms with Crippen LogP contribution in [0.1, 0.15) is 22.7 Å². The van der Waals surface area contributed by atoms with Gasteiger partial charge in [0.2, 0.25) is 0 Å². The minimum atomic E-state index is -4.52. The summed E-state index contributed by atoms with van der Waals surface area (Å²) in [5, 5.41) is 0. The Bertz CT molecular complexity index is 643. The molecule has 112 valence electrons. The summed E-state index contributed by atoms with van der Waals surface area (Å²) in [4.78, 5) is 0. The van der Waals surface area contributed by atoms with Gasteiger partial charge < -0.3 is 0 Å². The van der Waals surface area contributed by atoms with Gasteiger partial charge in [0, 0.05) is 4.47 Å². The summed E-state index contributed by atoms with van der Waals surface area (Å²) < 4.78 is 53.1. The third kappa shape index (κ3) is 3.42. The summed E-state index contributed by atoms with van der Waals surface area (Å²) in [7, 11) is 0. The Morgan fingerprint density at radius 2 is 1.71 bits per heavy atom. The van der Waals surface area contributed by atoms with Crippen LogP contribution in [-0.4, -0.2) is 0 Å². The highest BCUT2D eigenvalue weighted by atomic mass is 79.9. The Kier molecular flexibility index (Phi) is 4.65. The van der Waals surface area contributed by atoms with Crippen molar-refractivity contribution in [3.05, 3.63) is 69.4 Å². The van der Waals surface area contributed by atoms with Crippen molar-refractivity contribution in [2.24, 2.45) is 5.84 Å². The predicted molar refractivity (Wildman–Crippen MR) is 74.7 cm³/mol. The second-order valence-electron chi connectivity index (χ2n) is 4.35. The monoisotopic (exact) mass is 362 g/mol. The molecule has 0 heterocycles. The molecule has 3 N–H and O–H groups in total. The molecule has 0 spiro atoms. The van der Waals surface area contributed by atoms with Crippen molar-refractivity contribution in [1.29, 1.82) is 0 Å². The predicted octanol–water partition coefficient (Wildman–Crippen LogP) is 4.16. The number of alkyl halides is 3. The zero-order valence-electron chi connectivity index (χ0n) is 10.6. The Labute approximate surface area is 127 Å². The van der Waals surface area contributed by atoms with Crippen molar-refractivity contribution in [2.45, 2.75) is 12.2 Å². The molecule has 0 amide bonds. The van der Waals surface area contributed by atoms with Crippen LogP contribution in [0.2, 0.25) is 0 Å². The van der Waals surface area contributed by atoms with Gasteiger partial charge >= 0.3 is 6.18 Å². The normalized spacial score (nSPS) is 13.2. The Morgan fingerprint density at radius 3 is 2.33 bits per heavy atom. The highest BCUT2D eigenvalue weighted by Gasteiger charge is 2.35. The summed E-state index contributed by atoms with van der Waals surface area (Å²) in [6, 6.07) is 7.82. The fraction of sp³-hybridized carbons (Fsp3) is 0.143. The first-order valence-electron chi connectivity index (χ1n) is 5.91. The third-order valence-electron chi connectivity index (χ3n) is 3.01. The number of nitrogens with two attached hydrogens (primary N) is 1. The molecule has 0 saturated carbocycles. The van der Waals surface area contributed by atoms with E-state index in [0.717, 1.165) is 12.1 Å². The van der Waals surface area contributed by atoms with E-state index in [-0.39, 0.29) is 11.1 Å². The molecule has 0 bridgehead atoms. The Balaban J connectivity index is 2.60. The first-order chi connectivity index (χ1) is 9.84. The molecular formula is C14H11BrF4N2. The summed E-state index contributed by atoms with van der Waals surface area (Å²) in [5.74, 6) is 4.85. The molecule has 2 aromatic rings. The van der Waals surface area contributed by atoms with Gasteiger partial charge in [0.25, 0.3) is 0 Å². The smallest absolute Gasteiger partial charge is 0.271 e. The molecule has 21 heavy (non-hydrogen) atoms. The van der Waals surface area contributed by atoms with Gasteiger partial charge in [-0.3, -0.25) is 5.84 Å². The Hall–Kier alpha value is -1.44. The molecular weight excluding hydrogens is 352 g/mol. The van der Waals surface area contributed by atoms with E-state index in [9.17, 15) is 17.6 Å². The number of hydrazine groups is 1. The lowest BCUT2D eigenvalue weighted by Crippen LogP contribution is -2.31. The SMILES string of the molecule is NNC(c1cc(F)ccc1Br)c1ccccc1C(F)(F)F. The lowest BCUT2D eigenvalue weighted by Gasteiger charge is -2.22. The quantitative estimate of drug-likeness (QED) is 0.488.